The molecule has 3 N–H and O–H groups in total. The molecule has 1 saturated heterocycles. The summed E-state index contributed by atoms with van der Waals surface area (Å²) in [7, 11) is 1.78. The Hall–Kier alpha value is -1.50. The third kappa shape index (κ3) is 12.0. The van der Waals surface area contributed by atoms with Crippen molar-refractivity contribution in [1.29, 1.82) is 0 Å². The van der Waals surface area contributed by atoms with Crippen LogP contribution >= 0.6 is 0 Å². The van der Waals surface area contributed by atoms with Crippen LogP contribution in [0.1, 0.15) is 59.3 Å². The zero-order valence-corrected chi connectivity index (χ0v) is 17.2. The van der Waals surface area contributed by atoms with Crippen LogP contribution in [0.15, 0.2) is 4.99 Å². The highest BCUT2D eigenvalue weighted by molar-refractivity contribution is 5.79. The number of carbonyl (C=O) groups excluding carboxylic acids is 1. The molecule has 1 rings (SSSR count). The second kappa shape index (κ2) is 12.8. The molecule has 1 aliphatic rings. The highest BCUT2D eigenvalue weighted by atomic mass is 16.6. The van der Waals surface area contributed by atoms with Gasteiger partial charge in [0.2, 0.25) is 0 Å². The van der Waals surface area contributed by atoms with Crippen LogP contribution in [-0.2, 0) is 4.74 Å². The van der Waals surface area contributed by atoms with Crippen molar-refractivity contribution in [1.82, 2.24) is 20.9 Å². The average Bonchev–Trinajstić information content (AvgIpc) is 2.83. The van der Waals surface area contributed by atoms with E-state index >= 15 is 0 Å². The smallest absolute Gasteiger partial charge is 0.407 e. The molecule has 0 bridgehead atoms. The molecule has 152 valence electrons. The van der Waals surface area contributed by atoms with Crippen molar-refractivity contribution in [2.75, 3.05) is 46.3 Å². The van der Waals surface area contributed by atoms with Crippen LogP contribution in [0.3, 0.4) is 0 Å². The minimum absolute atomic E-state index is 0.367. The van der Waals surface area contributed by atoms with Crippen molar-refractivity contribution in [2.24, 2.45) is 4.99 Å². The summed E-state index contributed by atoms with van der Waals surface area (Å²) in [5, 5.41) is 9.39. The first-order chi connectivity index (χ1) is 12.4. The first kappa shape index (κ1) is 22.5. The summed E-state index contributed by atoms with van der Waals surface area (Å²) in [6.45, 7) is 11.5. The topological polar surface area (TPSA) is 78.0 Å². The zero-order valence-electron chi connectivity index (χ0n) is 17.2. The van der Waals surface area contributed by atoms with Gasteiger partial charge in [-0.2, -0.15) is 0 Å². The minimum atomic E-state index is -0.457. The Kier molecular flexibility index (Phi) is 11.1. The molecule has 0 aromatic carbocycles. The van der Waals surface area contributed by atoms with Gasteiger partial charge in [-0.25, -0.2) is 4.79 Å². The monoisotopic (exact) mass is 369 g/mol. The van der Waals surface area contributed by atoms with E-state index in [0.29, 0.717) is 6.54 Å². The summed E-state index contributed by atoms with van der Waals surface area (Å²) in [6, 6.07) is 0. The second-order valence-electron chi connectivity index (χ2n) is 7.82. The molecule has 1 fully saturated rings. The van der Waals surface area contributed by atoms with Gasteiger partial charge in [-0.05, 0) is 66.1 Å². The number of guanidine groups is 1. The van der Waals surface area contributed by atoms with Crippen molar-refractivity contribution >= 4 is 12.1 Å². The molecule has 0 spiro atoms. The second-order valence-corrected chi connectivity index (χ2v) is 7.82. The molecule has 1 amide bonds. The fourth-order valence-electron chi connectivity index (χ4n) is 2.89. The highest BCUT2D eigenvalue weighted by Gasteiger charge is 2.15. The first-order valence-corrected chi connectivity index (χ1v) is 10.0. The zero-order chi connectivity index (χ0) is 19.3. The van der Waals surface area contributed by atoms with Crippen LogP contribution in [0.25, 0.3) is 0 Å². The lowest BCUT2D eigenvalue weighted by Gasteiger charge is -2.20. The van der Waals surface area contributed by atoms with E-state index in [4.69, 9.17) is 4.74 Å². The number of hydrogen-bond acceptors (Lipinski definition) is 4. The molecule has 7 nitrogen and oxygen atoms in total. The quantitative estimate of drug-likeness (QED) is 0.348. The van der Waals surface area contributed by atoms with Crippen molar-refractivity contribution in [3.63, 3.8) is 0 Å². The molecule has 1 heterocycles. The van der Waals surface area contributed by atoms with E-state index in [2.05, 4.69) is 25.8 Å². The lowest BCUT2D eigenvalue weighted by atomic mass is 10.2. The molecule has 0 saturated carbocycles. The van der Waals surface area contributed by atoms with Gasteiger partial charge in [-0.1, -0.05) is 12.8 Å². The summed E-state index contributed by atoms with van der Waals surface area (Å²) in [5.41, 5.74) is -0.457. The highest BCUT2D eigenvalue weighted by Crippen LogP contribution is 2.09. The Labute approximate surface area is 159 Å². The number of rotatable bonds is 8. The Morgan fingerprint density at radius 3 is 2.12 bits per heavy atom. The summed E-state index contributed by atoms with van der Waals surface area (Å²) < 4.78 is 5.20. The van der Waals surface area contributed by atoms with Gasteiger partial charge in [0.05, 0.1) is 0 Å². The molecule has 26 heavy (non-hydrogen) atoms. The number of hydrogen-bond donors (Lipinski definition) is 3. The van der Waals surface area contributed by atoms with E-state index in [0.717, 1.165) is 38.4 Å². The van der Waals surface area contributed by atoms with Crippen LogP contribution in [-0.4, -0.2) is 68.9 Å². The summed E-state index contributed by atoms with van der Waals surface area (Å²) in [4.78, 5) is 18.4. The number of alkyl carbamates (subject to hydrolysis) is 1. The Balaban J connectivity index is 2.03. The van der Waals surface area contributed by atoms with Crippen molar-refractivity contribution in [3.05, 3.63) is 0 Å². The van der Waals surface area contributed by atoms with Gasteiger partial charge >= 0.3 is 6.09 Å². The van der Waals surface area contributed by atoms with Crippen LogP contribution < -0.4 is 16.0 Å². The normalized spacial score (nSPS) is 16.7. The molecular formula is C19H39N5O2. The maximum absolute atomic E-state index is 11.5. The Morgan fingerprint density at radius 2 is 1.54 bits per heavy atom. The third-order valence-corrected chi connectivity index (χ3v) is 4.18. The fraction of sp³-hybridized carbons (Fsp3) is 0.895. The molecule has 0 aromatic heterocycles. The number of amides is 1. The van der Waals surface area contributed by atoms with Gasteiger partial charge in [0.25, 0.3) is 0 Å². The molecule has 0 radical (unpaired) electrons. The number of aliphatic imine (C=N–C) groups is 1. The lowest BCUT2D eigenvalue weighted by Crippen LogP contribution is -2.40. The maximum Gasteiger partial charge on any atom is 0.407 e. The van der Waals surface area contributed by atoms with Gasteiger partial charge in [0.1, 0.15) is 5.60 Å². The summed E-state index contributed by atoms with van der Waals surface area (Å²) in [6.07, 6.45) is 7.02. The van der Waals surface area contributed by atoms with Crippen LogP contribution in [0, 0.1) is 0 Å². The van der Waals surface area contributed by atoms with E-state index in [1.165, 1.54) is 38.8 Å². The first-order valence-electron chi connectivity index (χ1n) is 10.0. The largest absolute Gasteiger partial charge is 0.444 e. The standard InChI is InChI=1S/C19H39N5O2/c1-19(2,3)26-18(25)23-12-9-11-21-17(20-4)22-13-10-16-24-14-7-5-6-8-15-24/h5-16H2,1-4H3,(H,23,25)(H2,20,21,22). The molecule has 0 aliphatic carbocycles. The van der Waals surface area contributed by atoms with Gasteiger partial charge in [0.15, 0.2) is 5.96 Å². The van der Waals surface area contributed by atoms with Gasteiger partial charge in [-0.3, -0.25) is 4.99 Å². The minimum Gasteiger partial charge on any atom is -0.444 e. The number of carbonyl (C=O) groups is 1. The summed E-state index contributed by atoms with van der Waals surface area (Å²) in [5.74, 6) is 0.818. The fourth-order valence-corrected chi connectivity index (χ4v) is 2.89. The molecule has 0 unspecified atom stereocenters. The van der Waals surface area contributed by atoms with E-state index in [1.54, 1.807) is 7.05 Å². The van der Waals surface area contributed by atoms with E-state index in [1.807, 2.05) is 20.8 Å². The average molecular weight is 370 g/mol. The van der Waals surface area contributed by atoms with Crippen molar-refractivity contribution < 1.29 is 9.53 Å². The lowest BCUT2D eigenvalue weighted by molar-refractivity contribution is 0.0527. The van der Waals surface area contributed by atoms with E-state index in [-0.39, 0.29) is 6.09 Å². The van der Waals surface area contributed by atoms with Crippen LogP contribution in [0.4, 0.5) is 4.79 Å². The van der Waals surface area contributed by atoms with Gasteiger partial charge < -0.3 is 25.6 Å². The maximum atomic E-state index is 11.5. The number of nitrogens with zero attached hydrogens (tertiary/aromatic N) is 2. The summed E-state index contributed by atoms with van der Waals surface area (Å²) >= 11 is 0. The molecule has 1 aliphatic heterocycles. The van der Waals surface area contributed by atoms with Crippen LogP contribution in [0.5, 0.6) is 0 Å². The SMILES string of the molecule is CN=C(NCCCNC(=O)OC(C)(C)C)NCCCN1CCCCCC1. The number of ether oxygens (including phenoxy) is 1. The predicted molar refractivity (Wildman–Crippen MR) is 108 cm³/mol. The van der Waals surface area contributed by atoms with Crippen molar-refractivity contribution in [3.8, 4) is 0 Å². The van der Waals surface area contributed by atoms with Crippen LogP contribution in [0.2, 0.25) is 0 Å². The molecular weight excluding hydrogens is 330 g/mol. The number of nitrogens with one attached hydrogen (secondary N) is 3. The van der Waals surface area contributed by atoms with E-state index < -0.39 is 5.60 Å². The molecule has 0 atom stereocenters. The Morgan fingerprint density at radius 1 is 0.962 bits per heavy atom. The van der Waals surface area contributed by atoms with Crippen molar-refractivity contribution in [2.45, 2.75) is 64.9 Å². The Bertz CT molecular complexity index is 413. The van der Waals surface area contributed by atoms with Gasteiger partial charge in [-0.15, -0.1) is 0 Å². The predicted octanol–water partition coefficient (Wildman–Crippen LogP) is 2.33. The number of likely N-dealkylation sites (tertiary alicyclic amines) is 1. The van der Waals surface area contributed by atoms with Gasteiger partial charge in [0, 0.05) is 26.7 Å². The molecule has 0 aromatic rings. The van der Waals surface area contributed by atoms with E-state index in [9.17, 15) is 4.79 Å². The molecule has 7 heteroatoms. The third-order valence-electron chi connectivity index (χ3n) is 4.18.